The summed E-state index contributed by atoms with van der Waals surface area (Å²) in [7, 11) is 0. The molecule has 4 nitrogen and oxygen atoms in total. The van der Waals surface area contributed by atoms with E-state index in [9.17, 15) is 9.59 Å². The number of hydrogen-bond acceptors (Lipinski definition) is 4. The molecule has 0 atom stereocenters. The zero-order chi connectivity index (χ0) is 16.4. The Morgan fingerprint density at radius 2 is 1.91 bits per heavy atom. The first-order valence-corrected chi connectivity index (χ1v) is 6.93. The molecule has 0 aliphatic rings. The van der Waals surface area contributed by atoms with Gasteiger partial charge in [0.05, 0.1) is 5.39 Å². The summed E-state index contributed by atoms with van der Waals surface area (Å²) in [5, 5.41) is 0.586. The van der Waals surface area contributed by atoms with Crippen LogP contribution in [0.5, 0.6) is 5.75 Å². The van der Waals surface area contributed by atoms with Gasteiger partial charge in [0.25, 0.3) is 0 Å². The van der Waals surface area contributed by atoms with E-state index in [2.05, 4.69) is 6.58 Å². The Balaban J connectivity index is 2.64. The highest BCUT2D eigenvalue weighted by atomic mass is 16.5. The third kappa shape index (κ3) is 2.86. The number of ether oxygens (including phenoxy) is 1. The van der Waals surface area contributed by atoms with E-state index in [-0.39, 0.29) is 5.78 Å². The van der Waals surface area contributed by atoms with Crippen molar-refractivity contribution in [1.29, 1.82) is 0 Å². The summed E-state index contributed by atoms with van der Waals surface area (Å²) < 4.78 is 11.2. The van der Waals surface area contributed by atoms with Crippen molar-refractivity contribution in [1.82, 2.24) is 0 Å². The van der Waals surface area contributed by atoms with Gasteiger partial charge in [0.15, 0.2) is 17.3 Å². The van der Waals surface area contributed by atoms with Crippen LogP contribution in [0.4, 0.5) is 0 Å². The molecule has 1 aromatic carbocycles. The second-order valence-electron chi connectivity index (χ2n) is 5.17. The molecule has 114 valence electrons. The van der Waals surface area contributed by atoms with Gasteiger partial charge in [0, 0.05) is 11.1 Å². The maximum Gasteiger partial charge on any atom is 0.338 e. The van der Waals surface area contributed by atoms with Gasteiger partial charge in [-0.05, 0) is 51.5 Å². The number of carbonyl (C=O) groups is 2. The standard InChI is InChI=1S/C18H18O4/c1-6-11(4)18(20)22-17-14-9-13(12(5)19)7-8-15(14)21-16(17)10(2)3/h6-9H,2H2,1,3-5H3. The van der Waals surface area contributed by atoms with Gasteiger partial charge in [0.1, 0.15) is 5.58 Å². The number of Topliss-reactive ketones (excluding diaryl/α,β-unsaturated/α-hetero) is 1. The maximum absolute atomic E-state index is 12.0. The normalized spacial score (nSPS) is 11.5. The molecule has 0 fully saturated rings. The van der Waals surface area contributed by atoms with Gasteiger partial charge < -0.3 is 9.15 Å². The van der Waals surface area contributed by atoms with Crippen molar-refractivity contribution in [3.8, 4) is 5.75 Å². The molecule has 0 saturated heterocycles. The number of allylic oxidation sites excluding steroid dienone is 2. The van der Waals surface area contributed by atoms with Gasteiger partial charge in [-0.2, -0.15) is 0 Å². The van der Waals surface area contributed by atoms with Gasteiger partial charge in [-0.25, -0.2) is 4.79 Å². The average Bonchev–Trinajstić information content (AvgIpc) is 2.84. The monoisotopic (exact) mass is 298 g/mol. The summed E-state index contributed by atoms with van der Waals surface area (Å²) in [6.07, 6.45) is 1.67. The molecule has 1 heterocycles. The smallest absolute Gasteiger partial charge is 0.338 e. The minimum Gasteiger partial charge on any atom is -0.452 e. The molecule has 0 aliphatic carbocycles. The van der Waals surface area contributed by atoms with Crippen LogP contribution >= 0.6 is 0 Å². The molecule has 0 amide bonds. The molecular weight excluding hydrogens is 280 g/mol. The Bertz CT molecular complexity index is 806. The molecule has 1 aromatic heterocycles. The first kappa shape index (κ1) is 15.8. The van der Waals surface area contributed by atoms with Crippen LogP contribution in [0.1, 0.15) is 43.8 Å². The number of rotatable bonds is 4. The molecular formula is C18H18O4. The number of carbonyl (C=O) groups excluding carboxylic acids is 2. The van der Waals surface area contributed by atoms with E-state index in [0.717, 1.165) is 0 Å². The van der Waals surface area contributed by atoms with Crippen LogP contribution in [0.3, 0.4) is 0 Å². The van der Waals surface area contributed by atoms with Crippen LogP contribution in [-0.4, -0.2) is 11.8 Å². The van der Waals surface area contributed by atoms with Gasteiger partial charge in [0.2, 0.25) is 0 Å². The van der Waals surface area contributed by atoms with Crippen molar-refractivity contribution in [2.45, 2.75) is 27.7 Å². The van der Waals surface area contributed by atoms with Crippen LogP contribution in [0, 0.1) is 0 Å². The number of hydrogen-bond donors (Lipinski definition) is 0. The lowest BCUT2D eigenvalue weighted by atomic mass is 10.1. The summed E-state index contributed by atoms with van der Waals surface area (Å²) in [5.41, 5.74) is 2.21. The number of esters is 1. The highest BCUT2D eigenvalue weighted by Crippen LogP contribution is 2.37. The molecule has 22 heavy (non-hydrogen) atoms. The van der Waals surface area contributed by atoms with Crippen molar-refractivity contribution in [2.75, 3.05) is 0 Å². The minimum absolute atomic E-state index is 0.0677. The SMILES string of the molecule is C=C(C)c1oc2ccc(C(C)=O)cc2c1OC(=O)C(C)=CC. The Morgan fingerprint density at radius 1 is 1.23 bits per heavy atom. The van der Waals surface area contributed by atoms with E-state index in [0.29, 0.717) is 39.2 Å². The van der Waals surface area contributed by atoms with E-state index in [1.165, 1.54) is 6.92 Å². The fourth-order valence-corrected chi connectivity index (χ4v) is 1.97. The Morgan fingerprint density at radius 3 is 2.45 bits per heavy atom. The molecule has 0 saturated carbocycles. The fraction of sp³-hybridized carbons (Fsp3) is 0.222. The molecule has 2 rings (SSSR count). The van der Waals surface area contributed by atoms with E-state index >= 15 is 0 Å². The van der Waals surface area contributed by atoms with Crippen molar-refractivity contribution < 1.29 is 18.7 Å². The lowest BCUT2D eigenvalue weighted by Crippen LogP contribution is -2.09. The lowest BCUT2D eigenvalue weighted by Gasteiger charge is -2.05. The summed E-state index contributed by atoms with van der Waals surface area (Å²) in [5.74, 6) is 0.188. The second kappa shape index (κ2) is 6.02. The first-order chi connectivity index (χ1) is 10.3. The van der Waals surface area contributed by atoms with Crippen LogP contribution < -0.4 is 4.74 Å². The fourth-order valence-electron chi connectivity index (χ4n) is 1.97. The van der Waals surface area contributed by atoms with Crippen molar-refractivity contribution in [3.63, 3.8) is 0 Å². The van der Waals surface area contributed by atoms with Crippen molar-refractivity contribution in [2.24, 2.45) is 0 Å². The molecule has 2 aromatic rings. The predicted octanol–water partition coefficient (Wildman–Crippen LogP) is 4.54. The molecule has 4 heteroatoms. The first-order valence-electron chi connectivity index (χ1n) is 6.93. The number of ketones is 1. The van der Waals surface area contributed by atoms with Crippen molar-refractivity contribution >= 4 is 28.3 Å². The number of fused-ring (bicyclic) bond motifs is 1. The molecule has 0 unspecified atom stereocenters. The second-order valence-corrected chi connectivity index (χ2v) is 5.17. The zero-order valence-electron chi connectivity index (χ0n) is 13.1. The van der Waals surface area contributed by atoms with Crippen LogP contribution in [-0.2, 0) is 4.79 Å². The summed E-state index contributed by atoms with van der Waals surface area (Å²) >= 11 is 0. The third-order valence-corrected chi connectivity index (χ3v) is 3.39. The van der Waals surface area contributed by atoms with Crippen LogP contribution in [0.25, 0.3) is 16.5 Å². The Labute approximate surface area is 129 Å². The average molecular weight is 298 g/mol. The summed E-state index contributed by atoms with van der Waals surface area (Å²) in [6, 6.07) is 5.04. The number of benzene rings is 1. The Hall–Kier alpha value is -2.62. The highest BCUT2D eigenvalue weighted by molar-refractivity contribution is 6.01. The van der Waals surface area contributed by atoms with Crippen LogP contribution in [0.2, 0.25) is 0 Å². The Kier molecular flexibility index (Phi) is 4.31. The topological polar surface area (TPSA) is 56.5 Å². The van der Waals surface area contributed by atoms with E-state index in [4.69, 9.17) is 9.15 Å². The molecule has 0 N–H and O–H groups in total. The van der Waals surface area contributed by atoms with Crippen molar-refractivity contribution in [3.05, 3.63) is 47.8 Å². The van der Waals surface area contributed by atoms with E-state index in [1.54, 1.807) is 45.0 Å². The zero-order valence-corrected chi connectivity index (χ0v) is 13.1. The third-order valence-electron chi connectivity index (χ3n) is 3.39. The van der Waals surface area contributed by atoms with E-state index < -0.39 is 5.97 Å². The summed E-state index contributed by atoms with van der Waals surface area (Å²) in [4.78, 5) is 23.6. The molecule has 0 spiro atoms. The van der Waals surface area contributed by atoms with Gasteiger partial charge in [-0.1, -0.05) is 12.7 Å². The largest absolute Gasteiger partial charge is 0.452 e. The quantitative estimate of drug-likeness (QED) is 0.472. The van der Waals surface area contributed by atoms with Gasteiger partial charge in [-0.3, -0.25) is 4.79 Å². The van der Waals surface area contributed by atoms with Crippen LogP contribution in [0.15, 0.2) is 40.8 Å². The van der Waals surface area contributed by atoms with Gasteiger partial charge >= 0.3 is 5.97 Å². The number of furan rings is 1. The molecule has 0 radical (unpaired) electrons. The minimum atomic E-state index is -0.457. The maximum atomic E-state index is 12.0. The highest BCUT2D eigenvalue weighted by Gasteiger charge is 2.20. The molecule has 0 aliphatic heterocycles. The van der Waals surface area contributed by atoms with E-state index in [1.807, 2.05) is 0 Å². The summed E-state index contributed by atoms with van der Waals surface area (Å²) in [6.45, 7) is 10.5. The lowest BCUT2D eigenvalue weighted by molar-refractivity contribution is -0.130. The van der Waals surface area contributed by atoms with Gasteiger partial charge in [-0.15, -0.1) is 0 Å². The predicted molar refractivity (Wildman–Crippen MR) is 86.0 cm³/mol. The molecule has 0 bridgehead atoms.